The lowest BCUT2D eigenvalue weighted by molar-refractivity contribution is -0.112. The number of hydrogen-bond acceptors (Lipinski definition) is 11. The minimum absolute atomic E-state index is 0.0314. The monoisotopic (exact) mass is 719 g/mol. The van der Waals surface area contributed by atoms with Crippen molar-refractivity contribution in [1.82, 2.24) is 4.90 Å². The summed E-state index contributed by atoms with van der Waals surface area (Å²) in [5, 5.41) is 30.0. The second kappa shape index (κ2) is 20.2. The second-order valence-corrected chi connectivity index (χ2v) is 13.2. The molecular formula is C39H53N5O8. The molecule has 13 nitrogen and oxygen atoms in total. The molecule has 5 atom stereocenters. The van der Waals surface area contributed by atoms with Gasteiger partial charge in [-0.05, 0) is 57.8 Å². The Hall–Kier alpha value is -4.98. The number of nitrogens with one attached hydrogen (secondary N) is 1. The Morgan fingerprint density at radius 3 is 2.46 bits per heavy atom. The number of allylic oxidation sites excluding steroid dienone is 3. The van der Waals surface area contributed by atoms with E-state index >= 15 is 0 Å². The lowest BCUT2D eigenvalue weighted by Gasteiger charge is -2.27. The van der Waals surface area contributed by atoms with E-state index in [-0.39, 0.29) is 47.7 Å². The average molecular weight is 720 g/mol. The number of carbonyl (C=O) groups is 2. The minimum Gasteiger partial charge on any atom is -0.506 e. The number of phenols is 2. The summed E-state index contributed by atoms with van der Waals surface area (Å²) < 4.78 is 17.3. The van der Waals surface area contributed by atoms with Gasteiger partial charge in [-0.15, -0.1) is 0 Å². The van der Waals surface area contributed by atoms with E-state index in [2.05, 4.69) is 15.5 Å². The third kappa shape index (κ3) is 12.1. The quantitative estimate of drug-likeness (QED) is 0.0792. The predicted molar refractivity (Wildman–Crippen MR) is 203 cm³/mol. The summed E-state index contributed by atoms with van der Waals surface area (Å²) in [7, 11) is 6.83. The van der Waals surface area contributed by atoms with Gasteiger partial charge >= 0.3 is 6.09 Å². The first-order valence-corrected chi connectivity index (χ1v) is 17.1. The van der Waals surface area contributed by atoms with Crippen LogP contribution in [-0.2, 0) is 36.9 Å². The summed E-state index contributed by atoms with van der Waals surface area (Å²) in [5.74, 6) is -1.47. The van der Waals surface area contributed by atoms with Gasteiger partial charge in [0.05, 0.1) is 17.5 Å². The van der Waals surface area contributed by atoms with Crippen molar-refractivity contribution in [3.63, 3.8) is 0 Å². The second-order valence-electron chi connectivity index (χ2n) is 13.2. The summed E-state index contributed by atoms with van der Waals surface area (Å²) >= 11 is 0. The number of anilines is 1. The van der Waals surface area contributed by atoms with E-state index in [1.54, 1.807) is 45.4 Å². The summed E-state index contributed by atoms with van der Waals surface area (Å²) in [5.41, 5.74) is 8.52. The standard InChI is InChI=1S/C39H53N5O8/c1-24-19-29-35(41-17-18-44(5)6)31(45)22-30(36(29)46)42-38(47)25(2)13-12-16-32(49-7)37(52-39(40)48)27(4)21-26(3)34(33(20-24)50-8)43-51-23-28-14-10-9-11-15-28/h9-17,21-22,24,26,32-33,37,45-46H,18-20,23H2,1-8H3,(H2,40,48)(H,42,47)/b16-12-,25-13+,27-21+,41-17?,43-34+/t24-,26+,32+,33+,37+/m1/s1. The largest absolute Gasteiger partial charge is 0.506 e. The van der Waals surface area contributed by atoms with Gasteiger partial charge < -0.3 is 45.2 Å². The lowest BCUT2D eigenvalue weighted by Crippen LogP contribution is -2.35. The van der Waals surface area contributed by atoms with Crippen molar-refractivity contribution < 1.29 is 38.9 Å². The zero-order chi connectivity index (χ0) is 38.4. The number of fused-ring (bicyclic) bond motifs is 2. The van der Waals surface area contributed by atoms with E-state index in [0.717, 1.165) is 5.56 Å². The molecule has 2 aromatic carbocycles. The van der Waals surface area contributed by atoms with Crippen LogP contribution in [0, 0.1) is 11.8 Å². The van der Waals surface area contributed by atoms with Crippen LogP contribution in [0.4, 0.5) is 16.2 Å². The molecule has 1 aliphatic heterocycles. The number of carbonyl (C=O) groups excluding carboxylic acids is 2. The number of benzene rings is 2. The lowest BCUT2D eigenvalue weighted by atomic mass is 9.88. The fourth-order valence-corrected chi connectivity index (χ4v) is 5.78. The van der Waals surface area contributed by atoms with Crippen LogP contribution >= 0.6 is 0 Å². The number of rotatable bonds is 9. The number of nitrogens with zero attached hydrogens (tertiary/aromatic N) is 3. The highest BCUT2D eigenvalue weighted by Gasteiger charge is 2.29. The molecule has 0 saturated heterocycles. The zero-order valence-electron chi connectivity index (χ0n) is 31.3. The van der Waals surface area contributed by atoms with Gasteiger partial charge in [-0.3, -0.25) is 9.79 Å². The molecular weight excluding hydrogens is 666 g/mol. The number of oxime groups is 1. The molecule has 0 unspecified atom stereocenters. The van der Waals surface area contributed by atoms with Gasteiger partial charge in [-0.2, -0.15) is 0 Å². The number of aliphatic imine (C=N–C) groups is 1. The Labute approximate surface area is 306 Å². The first kappa shape index (κ1) is 41.4. The van der Waals surface area contributed by atoms with Crippen molar-refractivity contribution in [3.05, 3.63) is 83.0 Å². The summed E-state index contributed by atoms with van der Waals surface area (Å²) in [6.07, 6.45) is 5.78. The topological polar surface area (TPSA) is 178 Å². The number of hydrogen-bond donors (Lipinski definition) is 4. The van der Waals surface area contributed by atoms with E-state index in [9.17, 15) is 19.8 Å². The molecule has 0 aliphatic carbocycles. The molecule has 1 aliphatic rings. The minimum atomic E-state index is -0.982. The number of nitrogens with two attached hydrogens (primary N) is 1. The predicted octanol–water partition coefficient (Wildman–Crippen LogP) is 6.03. The van der Waals surface area contributed by atoms with Gasteiger partial charge in [-0.1, -0.05) is 73.6 Å². The van der Waals surface area contributed by atoms with Crippen LogP contribution in [0.5, 0.6) is 11.5 Å². The van der Waals surface area contributed by atoms with Crippen molar-refractivity contribution in [3.8, 4) is 11.5 Å². The van der Waals surface area contributed by atoms with Crippen LogP contribution in [0.2, 0.25) is 0 Å². The number of methoxy groups -OCH3 is 2. The fourth-order valence-electron chi connectivity index (χ4n) is 5.78. The molecule has 0 radical (unpaired) electrons. The Morgan fingerprint density at radius 2 is 1.83 bits per heavy atom. The average Bonchev–Trinajstić information content (AvgIpc) is 3.09. The van der Waals surface area contributed by atoms with E-state index in [0.29, 0.717) is 35.4 Å². The molecule has 2 aromatic rings. The molecule has 0 aromatic heterocycles. The number of primary amides is 1. The molecule has 13 heteroatoms. The van der Waals surface area contributed by atoms with Gasteiger partial charge in [0.25, 0.3) is 5.91 Å². The van der Waals surface area contributed by atoms with Gasteiger partial charge in [0.2, 0.25) is 0 Å². The van der Waals surface area contributed by atoms with Crippen molar-refractivity contribution in [2.24, 2.45) is 27.7 Å². The van der Waals surface area contributed by atoms with Crippen LogP contribution < -0.4 is 11.1 Å². The fraction of sp³-hybridized carbons (Fsp3) is 0.436. The Morgan fingerprint density at radius 1 is 1.12 bits per heavy atom. The van der Waals surface area contributed by atoms with E-state index in [4.69, 9.17) is 24.8 Å². The molecule has 282 valence electrons. The zero-order valence-corrected chi connectivity index (χ0v) is 31.3. The van der Waals surface area contributed by atoms with Crippen LogP contribution in [0.1, 0.15) is 45.2 Å². The Bertz CT molecular complexity index is 1670. The van der Waals surface area contributed by atoms with E-state index < -0.39 is 30.3 Å². The third-order valence-corrected chi connectivity index (χ3v) is 8.54. The molecule has 0 spiro atoms. The molecule has 2 amide bonds. The van der Waals surface area contributed by atoms with Crippen molar-refractivity contribution in [2.45, 2.75) is 65.5 Å². The normalized spacial score (nSPS) is 25.6. The van der Waals surface area contributed by atoms with Crippen LogP contribution in [-0.4, -0.2) is 92.2 Å². The Balaban J connectivity index is 2.20. The maximum atomic E-state index is 13.3. The smallest absolute Gasteiger partial charge is 0.405 e. The maximum Gasteiger partial charge on any atom is 0.405 e. The highest BCUT2D eigenvalue weighted by Crippen LogP contribution is 2.44. The highest BCUT2D eigenvalue weighted by molar-refractivity contribution is 6.05. The van der Waals surface area contributed by atoms with Gasteiger partial charge in [0.15, 0.2) is 6.10 Å². The highest BCUT2D eigenvalue weighted by atomic mass is 16.6. The van der Waals surface area contributed by atoms with Crippen molar-refractivity contribution >= 4 is 35.3 Å². The van der Waals surface area contributed by atoms with Crippen LogP contribution in [0.15, 0.2) is 82.0 Å². The van der Waals surface area contributed by atoms with E-state index in [1.807, 2.05) is 69.3 Å². The maximum absolute atomic E-state index is 13.3. The molecule has 0 fully saturated rings. The van der Waals surface area contributed by atoms with Gasteiger partial charge in [0, 0.05) is 50.1 Å². The van der Waals surface area contributed by atoms with Crippen LogP contribution in [0.25, 0.3) is 0 Å². The summed E-state index contributed by atoms with van der Waals surface area (Å²) in [6, 6.07) is 10.9. The van der Waals surface area contributed by atoms with Crippen molar-refractivity contribution in [1.29, 1.82) is 0 Å². The van der Waals surface area contributed by atoms with Crippen molar-refractivity contribution in [2.75, 3.05) is 40.2 Å². The van der Waals surface area contributed by atoms with Crippen LogP contribution in [0.3, 0.4) is 0 Å². The third-order valence-electron chi connectivity index (χ3n) is 8.54. The molecule has 2 bridgehead atoms. The SMILES string of the molecule is CO[C@H]1C[C@H](C)Cc2c(O)c(cc(O)c2N=CCN(C)C)NC(=O)/C(C)=C/C=C\[C@H](OC)[C@@H](OC(N)=O)/C(C)=C/[C@H](C)/C1=N\OCc1ccccc1. The number of phenolic OH excluding ortho intramolecular Hbond substituents is 2. The number of aromatic hydroxyl groups is 2. The van der Waals surface area contributed by atoms with E-state index in [1.165, 1.54) is 13.2 Å². The molecule has 5 N–H and O–H groups in total. The molecule has 1 heterocycles. The number of ether oxygens (including phenoxy) is 3. The Kier molecular flexibility index (Phi) is 16.1. The molecule has 52 heavy (non-hydrogen) atoms. The summed E-state index contributed by atoms with van der Waals surface area (Å²) in [4.78, 5) is 37.6. The molecule has 0 saturated carbocycles. The summed E-state index contributed by atoms with van der Waals surface area (Å²) in [6.45, 7) is 8.03. The van der Waals surface area contributed by atoms with Gasteiger partial charge in [0.1, 0.15) is 29.9 Å². The number of amides is 2. The first-order valence-electron chi connectivity index (χ1n) is 17.1. The first-order chi connectivity index (χ1) is 24.7. The van der Waals surface area contributed by atoms with Gasteiger partial charge in [-0.25, -0.2) is 4.79 Å². The molecule has 3 rings (SSSR count).